The van der Waals surface area contributed by atoms with E-state index < -0.39 is 12.1 Å². The molecule has 0 radical (unpaired) electrons. The zero-order valence-electron chi connectivity index (χ0n) is 13.7. The number of esters is 1. The van der Waals surface area contributed by atoms with Gasteiger partial charge in [0.25, 0.3) is 0 Å². The Bertz CT molecular complexity index is 659. The molecule has 0 heterocycles. The SMILES string of the molecule is COc1cc(OC)cc(OC(=O)[C@H](C)Oc2cccc(C)c2)c1. The van der Waals surface area contributed by atoms with Gasteiger partial charge in [0.15, 0.2) is 6.10 Å². The van der Waals surface area contributed by atoms with Crippen molar-refractivity contribution in [1.82, 2.24) is 0 Å². The predicted molar refractivity (Wildman–Crippen MR) is 86.5 cm³/mol. The Labute approximate surface area is 135 Å². The van der Waals surface area contributed by atoms with Crippen LogP contribution in [0.5, 0.6) is 23.0 Å². The normalized spacial score (nSPS) is 11.5. The summed E-state index contributed by atoms with van der Waals surface area (Å²) < 4.78 is 21.2. The van der Waals surface area contributed by atoms with Crippen molar-refractivity contribution in [3.05, 3.63) is 48.0 Å². The molecule has 0 unspecified atom stereocenters. The topological polar surface area (TPSA) is 54.0 Å². The predicted octanol–water partition coefficient (Wildman–Crippen LogP) is 3.39. The van der Waals surface area contributed by atoms with Crippen molar-refractivity contribution in [2.24, 2.45) is 0 Å². The van der Waals surface area contributed by atoms with Crippen LogP contribution in [-0.4, -0.2) is 26.3 Å². The molecular weight excluding hydrogens is 296 g/mol. The molecule has 0 saturated heterocycles. The van der Waals surface area contributed by atoms with Crippen LogP contribution in [0.3, 0.4) is 0 Å². The first-order valence-corrected chi connectivity index (χ1v) is 7.20. The zero-order valence-corrected chi connectivity index (χ0v) is 13.7. The zero-order chi connectivity index (χ0) is 16.8. The number of hydrogen-bond acceptors (Lipinski definition) is 5. The molecular formula is C18H20O5. The summed E-state index contributed by atoms with van der Waals surface area (Å²) >= 11 is 0. The van der Waals surface area contributed by atoms with Crippen molar-refractivity contribution < 1.29 is 23.7 Å². The number of hydrogen-bond donors (Lipinski definition) is 0. The molecule has 23 heavy (non-hydrogen) atoms. The lowest BCUT2D eigenvalue weighted by Crippen LogP contribution is -2.28. The van der Waals surface area contributed by atoms with E-state index in [4.69, 9.17) is 18.9 Å². The van der Waals surface area contributed by atoms with Crippen LogP contribution in [-0.2, 0) is 4.79 Å². The number of rotatable bonds is 6. The van der Waals surface area contributed by atoms with Crippen LogP contribution in [0.2, 0.25) is 0 Å². The summed E-state index contributed by atoms with van der Waals surface area (Å²) in [5.41, 5.74) is 1.06. The van der Waals surface area contributed by atoms with E-state index in [-0.39, 0.29) is 0 Å². The first kappa shape index (κ1) is 16.7. The summed E-state index contributed by atoms with van der Waals surface area (Å²) in [4.78, 5) is 12.2. The fourth-order valence-corrected chi connectivity index (χ4v) is 1.98. The minimum Gasteiger partial charge on any atom is -0.496 e. The minimum absolute atomic E-state index is 0.339. The highest BCUT2D eigenvalue weighted by Gasteiger charge is 2.18. The first-order chi connectivity index (χ1) is 11.0. The number of carbonyl (C=O) groups is 1. The molecule has 5 nitrogen and oxygen atoms in total. The van der Waals surface area contributed by atoms with E-state index in [2.05, 4.69) is 0 Å². The Morgan fingerprint density at radius 3 is 2.09 bits per heavy atom. The molecule has 5 heteroatoms. The smallest absolute Gasteiger partial charge is 0.352 e. The Morgan fingerprint density at radius 1 is 0.913 bits per heavy atom. The van der Waals surface area contributed by atoms with Gasteiger partial charge in [-0.3, -0.25) is 0 Å². The molecule has 2 aromatic rings. The number of carbonyl (C=O) groups excluding carboxylic acids is 1. The summed E-state index contributed by atoms with van der Waals surface area (Å²) in [7, 11) is 3.06. The summed E-state index contributed by atoms with van der Waals surface area (Å²) in [5, 5.41) is 0. The van der Waals surface area contributed by atoms with E-state index >= 15 is 0 Å². The van der Waals surface area contributed by atoms with E-state index in [1.165, 1.54) is 14.2 Å². The van der Waals surface area contributed by atoms with Crippen LogP contribution in [0.1, 0.15) is 12.5 Å². The van der Waals surface area contributed by atoms with Crippen molar-refractivity contribution >= 4 is 5.97 Å². The quantitative estimate of drug-likeness (QED) is 0.604. The summed E-state index contributed by atoms with van der Waals surface area (Å²) in [6, 6.07) is 12.4. The first-order valence-electron chi connectivity index (χ1n) is 7.20. The molecule has 0 aliphatic carbocycles. The van der Waals surface area contributed by atoms with E-state index in [0.29, 0.717) is 23.0 Å². The van der Waals surface area contributed by atoms with Crippen LogP contribution in [0, 0.1) is 6.92 Å². The Balaban J connectivity index is 2.06. The third-order valence-electron chi connectivity index (χ3n) is 3.18. The molecule has 122 valence electrons. The van der Waals surface area contributed by atoms with Crippen molar-refractivity contribution in [2.45, 2.75) is 20.0 Å². The number of aryl methyl sites for hydroxylation is 1. The number of methoxy groups -OCH3 is 2. The van der Waals surface area contributed by atoms with Gasteiger partial charge in [-0.05, 0) is 31.5 Å². The molecule has 2 rings (SSSR count). The van der Waals surface area contributed by atoms with Gasteiger partial charge in [-0.25, -0.2) is 4.79 Å². The second-order valence-corrected chi connectivity index (χ2v) is 5.05. The molecule has 0 spiro atoms. The van der Waals surface area contributed by atoms with Crippen molar-refractivity contribution in [2.75, 3.05) is 14.2 Å². The van der Waals surface area contributed by atoms with Crippen LogP contribution in [0.4, 0.5) is 0 Å². The summed E-state index contributed by atoms with van der Waals surface area (Å²) in [6.07, 6.45) is -0.742. The maximum atomic E-state index is 12.2. The van der Waals surface area contributed by atoms with Gasteiger partial charge in [-0.2, -0.15) is 0 Å². The third-order valence-corrected chi connectivity index (χ3v) is 3.18. The highest BCUT2D eigenvalue weighted by molar-refractivity contribution is 5.77. The van der Waals surface area contributed by atoms with Crippen LogP contribution in [0.15, 0.2) is 42.5 Å². The Kier molecular flexibility index (Phi) is 5.46. The van der Waals surface area contributed by atoms with E-state index in [9.17, 15) is 4.79 Å². The Hall–Kier alpha value is -2.69. The third kappa shape index (κ3) is 4.64. The van der Waals surface area contributed by atoms with Gasteiger partial charge in [0.2, 0.25) is 0 Å². The van der Waals surface area contributed by atoms with Gasteiger partial charge < -0.3 is 18.9 Å². The van der Waals surface area contributed by atoms with E-state index in [1.807, 2.05) is 25.1 Å². The molecule has 0 N–H and O–H groups in total. The highest BCUT2D eigenvalue weighted by atomic mass is 16.6. The van der Waals surface area contributed by atoms with Gasteiger partial charge in [0, 0.05) is 18.2 Å². The van der Waals surface area contributed by atoms with Crippen molar-refractivity contribution in [3.63, 3.8) is 0 Å². The fraction of sp³-hybridized carbons (Fsp3) is 0.278. The standard InChI is InChI=1S/C18H20O5/c1-12-6-5-7-14(8-12)22-13(2)18(19)23-17-10-15(20-3)9-16(11-17)21-4/h5-11,13H,1-4H3/t13-/m0/s1. The summed E-state index contributed by atoms with van der Waals surface area (Å²) in [5.74, 6) is 1.55. The van der Waals surface area contributed by atoms with Crippen LogP contribution in [0.25, 0.3) is 0 Å². The molecule has 1 atom stereocenters. The lowest BCUT2D eigenvalue weighted by molar-refractivity contribution is -0.141. The lowest BCUT2D eigenvalue weighted by Gasteiger charge is -2.15. The molecule has 0 saturated carbocycles. The van der Waals surface area contributed by atoms with Crippen LogP contribution < -0.4 is 18.9 Å². The van der Waals surface area contributed by atoms with Crippen molar-refractivity contribution in [1.29, 1.82) is 0 Å². The Morgan fingerprint density at radius 2 is 1.52 bits per heavy atom. The van der Waals surface area contributed by atoms with Gasteiger partial charge >= 0.3 is 5.97 Å². The van der Waals surface area contributed by atoms with Gasteiger partial charge in [0.1, 0.15) is 23.0 Å². The largest absolute Gasteiger partial charge is 0.496 e. The maximum Gasteiger partial charge on any atom is 0.352 e. The lowest BCUT2D eigenvalue weighted by atomic mass is 10.2. The van der Waals surface area contributed by atoms with Gasteiger partial charge in [-0.15, -0.1) is 0 Å². The monoisotopic (exact) mass is 316 g/mol. The molecule has 0 bridgehead atoms. The molecule has 0 aromatic heterocycles. The number of benzene rings is 2. The fourth-order valence-electron chi connectivity index (χ4n) is 1.98. The molecule has 0 aliphatic heterocycles. The van der Waals surface area contributed by atoms with Gasteiger partial charge in [0.05, 0.1) is 14.2 Å². The number of ether oxygens (including phenoxy) is 4. The second kappa shape index (κ2) is 7.54. The minimum atomic E-state index is -0.742. The maximum absolute atomic E-state index is 12.2. The molecule has 2 aromatic carbocycles. The van der Waals surface area contributed by atoms with Gasteiger partial charge in [-0.1, -0.05) is 12.1 Å². The average molecular weight is 316 g/mol. The molecule has 0 amide bonds. The summed E-state index contributed by atoms with van der Waals surface area (Å²) in [6.45, 7) is 3.60. The van der Waals surface area contributed by atoms with E-state index in [1.54, 1.807) is 31.2 Å². The molecule has 0 fully saturated rings. The van der Waals surface area contributed by atoms with E-state index in [0.717, 1.165) is 5.56 Å². The average Bonchev–Trinajstić information content (AvgIpc) is 2.54. The second-order valence-electron chi connectivity index (χ2n) is 5.05. The van der Waals surface area contributed by atoms with Crippen LogP contribution >= 0.6 is 0 Å². The molecule has 0 aliphatic rings. The van der Waals surface area contributed by atoms with Crippen molar-refractivity contribution in [3.8, 4) is 23.0 Å². The highest BCUT2D eigenvalue weighted by Crippen LogP contribution is 2.27.